The summed E-state index contributed by atoms with van der Waals surface area (Å²) in [5.74, 6) is 0. The average molecular weight is 194 g/mol. The molecule has 0 aliphatic rings. The second-order valence-corrected chi connectivity index (χ2v) is 4.09. The first kappa shape index (κ1) is 7.71. The second kappa shape index (κ2) is 3.21. The van der Waals surface area contributed by atoms with E-state index in [1.54, 1.807) is 11.3 Å². The van der Waals surface area contributed by atoms with Crippen molar-refractivity contribution in [1.82, 2.24) is 0 Å². The van der Waals surface area contributed by atoms with Gasteiger partial charge in [-0.25, -0.2) is 0 Å². The van der Waals surface area contributed by atoms with Crippen molar-refractivity contribution in [2.45, 2.75) is 0 Å². The van der Waals surface area contributed by atoms with Gasteiger partial charge in [-0.3, -0.25) is 4.79 Å². The Kier molecular flexibility index (Phi) is 2.06. The van der Waals surface area contributed by atoms with E-state index in [1.165, 1.54) is 16.9 Å². The zero-order valence-corrected chi connectivity index (χ0v) is 7.82. The molecular weight excluding hydrogens is 188 g/mol. The van der Waals surface area contributed by atoms with Gasteiger partial charge in [-0.05, 0) is 39.4 Å². The van der Waals surface area contributed by atoms with E-state index >= 15 is 0 Å². The number of rotatable bonds is 2. The van der Waals surface area contributed by atoms with Crippen LogP contribution in [0.3, 0.4) is 0 Å². The molecule has 2 aromatic rings. The van der Waals surface area contributed by atoms with Crippen molar-refractivity contribution in [1.29, 1.82) is 0 Å². The minimum atomic E-state index is 0.788. The van der Waals surface area contributed by atoms with Gasteiger partial charge in [0.1, 0.15) is 0 Å². The summed E-state index contributed by atoms with van der Waals surface area (Å²) >= 11 is 3.15. The van der Waals surface area contributed by atoms with Crippen molar-refractivity contribution >= 4 is 29.0 Å². The monoisotopic (exact) mass is 194 g/mol. The van der Waals surface area contributed by atoms with Crippen LogP contribution in [-0.4, -0.2) is 6.29 Å². The normalized spacial score (nSPS) is 10.0. The summed E-state index contributed by atoms with van der Waals surface area (Å²) in [7, 11) is 0. The van der Waals surface area contributed by atoms with E-state index in [9.17, 15) is 4.79 Å². The van der Waals surface area contributed by atoms with Gasteiger partial charge in [0, 0.05) is 0 Å². The Morgan fingerprint density at radius 2 is 2.17 bits per heavy atom. The maximum atomic E-state index is 10.4. The zero-order chi connectivity index (χ0) is 8.39. The molecule has 0 amide bonds. The van der Waals surface area contributed by atoms with E-state index in [0.717, 1.165) is 16.7 Å². The van der Waals surface area contributed by atoms with Gasteiger partial charge in [-0.1, -0.05) is 0 Å². The van der Waals surface area contributed by atoms with Gasteiger partial charge in [-0.15, -0.1) is 11.3 Å². The lowest BCUT2D eigenvalue weighted by Crippen LogP contribution is -1.67. The molecule has 2 heterocycles. The smallest absolute Gasteiger partial charge is 0.160 e. The second-order valence-electron chi connectivity index (χ2n) is 2.37. The molecule has 2 aromatic heterocycles. The molecule has 0 saturated carbocycles. The number of hydrogen-bond acceptors (Lipinski definition) is 3. The van der Waals surface area contributed by atoms with Gasteiger partial charge in [0.15, 0.2) is 6.29 Å². The Balaban J connectivity index is 2.41. The van der Waals surface area contributed by atoms with E-state index in [2.05, 4.69) is 11.4 Å². The highest BCUT2D eigenvalue weighted by molar-refractivity contribution is 7.12. The van der Waals surface area contributed by atoms with Gasteiger partial charge in [-0.2, -0.15) is 11.3 Å². The SMILES string of the molecule is O=Cc1cc(-c2ccsc2)cs1. The summed E-state index contributed by atoms with van der Waals surface area (Å²) in [6.45, 7) is 0. The van der Waals surface area contributed by atoms with Crippen molar-refractivity contribution in [3.05, 3.63) is 33.2 Å². The van der Waals surface area contributed by atoms with E-state index in [1.807, 2.05) is 16.8 Å². The van der Waals surface area contributed by atoms with Crippen LogP contribution in [0.1, 0.15) is 9.67 Å². The molecule has 0 fully saturated rings. The Hall–Kier alpha value is -0.930. The number of aldehydes is 1. The molecule has 12 heavy (non-hydrogen) atoms. The van der Waals surface area contributed by atoms with Crippen LogP contribution in [0.25, 0.3) is 11.1 Å². The van der Waals surface area contributed by atoms with Crippen molar-refractivity contribution in [2.24, 2.45) is 0 Å². The third kappa shape index (κ3) is 1.33. The van der Waals surface area contributed by atoms with E-state index < -0.39 is 0 Å². The molecule has 0 aliphatic heterocycles. The number of thiophene rings is 2. The molecule has 60 valence electrons. The van der Waals surface area contributed by atoms with Gasteiger partial charge in [0.2, 0.25) is 0 Å². The lowest BCUT2D eigenvalue weighted by atomic mass is 10.2. The predicted octanol–water partition coefficient (Wildman–Crippen LogP) is 3.29. The molecule has 0 aliphatic carbocycles. The summed E-state index contributed by atoms with van der Waals surface area (Å²) in [6.07, 6.45) is 0.889. The molecule has 0 radical (unpaired) electrons. The summed E-state index contributed by atoms with van der Waals surface area (Å²) in [5, 5.41) is 6.12. The Morgan fingerprint density at radius 1 is 1.25 bits per heavy atom. The van der Waals surface area contributed by atoms with Crippen LogP contribution in [0.4, 0.5) is 0 Å². The summed E-state index contributed by atoms with van der Waals surface area (Å²) in [4.78, 5) is 11.2. The number of hydrogen-bond donors (Lipinski definition) is 0. The van der Waals surface area contributed by atoms with E-state index in [0.29, 0.717) is 0 Å². The van der Waals surface area contributed by atoms with Crippen LogP contribution in [0.5, 0.6) is 0 Å². The van der Waals surface area contributed by atoms with Crippen molar-refractivity contribution < 1.29 is 4.79 Å². The highest BCUT2D eigenvalue weighted by Gasteiger charge is 2.00. The third-order valence-electron chi connectivity index (χ3n) is 1.59. The fraction of sp³-hybridized carbons (Fsp3) is 0. The maximum absolute atomic E-state index is 10.4. The zero-order valence-electron chi connectivity index (χ0n) is 6.19. The molecule has 0 N–H and O–H groups in total. The van der Waals surface area contributed by atoms with Crippen molar-refractivity contribution in [2.75, 3.05) is 0 Å². The Bertz CT molecular complexity index is 373. The summed E-state index contributed by atoms with van der Waals surface area (Å²) in [5.41, 5.74) is 2.34. The van der Waals surface area contributed by atoms with Gasteiger partial charge < -0.3 is 0 Å². The minimum absolute atomic E-state index is 0.788. The molecule has 0 saturated heterocycles. The number of carbonyl (C=O) groups excluding carboxylic acids is 1. The first-order valence-electron chi connectivity index (χ1n) is 3.46. The van der Waals surface area contributed by atoms with Crippen molar-refractivity contribution in [3.8, 4) is 11.1 Å². The molecule has 0 atom stereocenters. The van der Waals surface area contributed by atoms with Crippen LogP contribution >= 0.6 is 22.7 Å². The van der Waals surface area contributed by atoms with Crippen LogP contribution in [0.15, 0.2) is 28.3 Å². The van der Waals surface area contributed by atoms with Crippen LogP contribution in [-0.2, 0) is 0 Å². The lowest BCUT2D eigenvalue weighted by Gasteiger charge is -1.86. The molecule has 0 unspecified atom stereocenters. The Morgan fingerprint density at radius 3 is 2.75 bits per heavy atom. The molecule has 3 heteroatoms. The fourth-order valence-electron chi connectivity index (χ4n) is 0.995. The molecule has 1 nitrogen and oxygen atoms in total. The molecule has 0 spiro atoms. The highest BCUT2D eigenvalue weighted by atomic mass is 32.1. The maximum Gasteiger partial charge on any atom is 0.160 e. The highest BCUT2D eigenvalue weighted by Crippen LogP contribution is 2.26. The van der Waals surface area contributed by atoms with E-state index in [-0.39, 0.29) is 0 Å². The minimum Gasteiger partial charge on any atom is -0.297 e. The molecule has 0 bridgehead atoms. The molecular formula is C9H6OS2. The summed E-state index contributed by atoms with van der Waals surface area (Å²) in [6, 6.07) is 3.97. The predicted molar refractivity (Wildman–Crippen MR) is 53.0 cm³/mol. The average Bonchev–Trinajstić information content (AvgIpc) is 2.75. The molecule has 0 aromatic carbocycles. The van der Waals surface area contributed by atoms with E-state index in [4.69, 9.17) is 0 Å². The largest absolute Gasteiger partial charge is 0.297 e. The van der Waals surface area contributed by atoms with Gasteiger partial charge in [0.05, 0.1) is 4.88 Å². The molecule has 2 rings (SSSR count). The first-order valence-corrected chi connectivity index (χ1v) is 5.28. The quantitative estimate of drug-likeness (QED) is 0.670. The Labute approximate surface area is 78.3 Å². The fourth-order valence-corrected chi connectivity index (χ4v) is 2.38. The lowest BCUT2D eigenvalue weighted by molar-refractivity contribution is 0.112. The van der Waals surface area contributed by atoms with Gasteiger partial charge in [0.25, 0.3) is 0 Å². The van der Waals surface area contributed by atoms with Crippen LogP contribution in [0, 0.1) is 0 Å². The standard InChI is InChI=1S/C9H6OS2/c10-4-9-3-8(6-12-9)7-1-2-11-5-7/h1-6H. The third-order valence-corrected chi connectivity index (χ3v) is 3.13. The number of carbonyl (C=O) groups is 1. The van der Waals surface area contributed by atoms with Crippen LogP contribution < -0.4 is 0 Å². The van der Waals surface area contributed by atoms with Crippen LogP contribution in [0.2, 0.25) is 0 Å². The van der Waals surface area contributed by atoms with Gasteiger partial charge >= 0.3 is 0 Å². The first-order chi connectivity index (χ1) is 5.90. The van der Waals surface area contributed by atoms with Crippen molar-refractivity contribution in [3.63, 3.8) is 0 Å². The topological polar surface area (TPSA) is 17.1 Å². The summed E-state index contributed by atoms with van der Waals surface area (Å²) < 4.78 is 0.